The van der Waals surface area contributed by atoms with Gasteiger partial charge in [0, 0.05) is 44.3 Å². The molecule has 0 aromatic carbocycles. The van der Waals surface area contributed by atoms with Crippen LogP contribution >= 0.6 is 0 Å². The average molecular weight is 341 g/mol. The van der Waals surface area contributed by atoms with E-state index in [0.29, 0.717) is 25.5 Å². The highest BCUT2D eigenvalue weighted by Crippen LogP contribution is 2.17. The van der Waals surface area contributed by atoms with E-state index in [2.05, 4.69) is 15.0 Å². The summed E-state index contributed by atoms with van der Waals surface area (Å²) in [7, 11) is 0. The van der Waals surface area contributed by atoms with Crippen LogP contribution in [0, 0.1) is 0 Å². The molecule has 8 nitrogen and oxygen atoms in total. The number of hydrogen-bond acceptors (Lipinski definition) is 6. The number of pyridine rings is 1. The van der Waals surface area contributed by atoms with Crippen LogP contribution in [0.25, 0.3) is 0 Å². The monoisotopic (exact) mass is 341 g/mol. The Bertz CT molecular complexity index is 726. The minimum absolute atomic E-state index is 0.162. The predicted octanol–water partition coefficient (Wildman–Crippen LogP) is 0.606. The maximum absolute atomic E-state index is 12.5. The molecule has 2 aromatic rings. The molecule has 0 aliphatic carbocycles. The van der Waals surface area contributed by atoms with Gasteiger partial charge in [-0.2, -0.15) is 0 Å². The van der Waals surface area contributed by atoms with Gasteiger partial charge in [0.1, 0.15) is 6.04 Å². The molecule has 1 aliphatic rings. The highest BCUT2D eigenvalue weighted by molar-refractivity contribution is 5.84. The van der Waals surface area contributed by atoms with Crippen molar-refractivity contribution in [1.82, 2.24) is 19.9 Å². The number of piperazine rings is 1. The van der Waals surface area contributed by atoms with Crippen LogP contribution in [-0.4, -0.2) is 62.5 Å². The molecular formula is C17H19N5O3. The maximum Gasteiger partial charge on any atom is 0.328 e. The molecule has 0 saturated carbocycles. The minimum atomic E-state index is -1.02. The molecule has 25 heavy (non-hydrogen) atoms. The van der Waals surface area contributed by atoms with Gasteiger partial charge in [0.2, 0.25) is 11.9 Å². The van der Waals surface area contributed by atoms with Gasteiger partial charge >= 0.3 is 5.97 Å². The zero-order valence-corrected chi connectivity index (χ0v) is 13.7. The number of aryl methyl sites for hydroxylation is 1. The summed E-state index contributed by atoms with van der Waals surface area (Å²) in [6.45, 7) is 1.02. The number of carboxylic acid groups (broad SMARTS) is 1. The first-order chi connectivity index (χ1) is 12.1. The van der Waals surface area contributed by atoms with Gasteiger partial charge in [0.25, 0.3) is 0 Å². The lowest BCUT2D eigenvalue weighted by Gasteiger charge is -2.39. The summed E-state index contributed by atoms with van der Waals surface area (Å²) in [5.74, 6) is -0.698. The van der Waals surface area contributed by atoms with Crippen molar-refractivity contribution in [3.05, 3.63) is 48.5 Å². The number of carboxylic acids is 1. The Morgan fingerprint density at radius 2 is 1.96 bits per heavy atom. The summed E-state index contributed by atoms with van der Waals surface area (Å²) in [5, 5.41) is 9.54. The Labute approximate surface area is 145 Å². The van der Waals surface area contributed by atoms with Crippen LogP contribution in [0.2, 0.25) is 0 Å². The third-order valence-corrected chi connectivity index (χ3v) is 4.17. The smallest absolute Gasteiger partial charge is 0.328 e. The Hall–Kier alpha value is -3.03. The lowest BCUT2D eigenvalue weighted by atomic mass is 10.1. The molecular weight excluding hydrogens is 322 g/mol. The summed E-state index contributed by atoms with van der Waals surface area (Å²) in [5.41, 5.74) is 0.957. The van der Waals surface area contributed by atoms with Crippen molar-refractivity contribution in [2.24, 2.45) is 0 Å². The van der Waals surface area contributed by atoms with E-state index >= 15 is 0 Å². The van der Waals surface area contributed by atoms with Crippen LogP contribution in [0.15, 0.2) is 43.0 Å². The number of carbonyl (C=O) groups is 2. The fourth-order valence-corrected chi connectivity index (χ4v) is 2.87. The first-order valence-corrected chi connectivity index (χ1v) is 8.08. The lowest BCUT2D eigenvalue weighted by molar-refractivity contribution is -0.150. The fourth-order valence-electron chi connectivity index (χ4n) is 2.87. The number of hydrogen-bond donors (Lipinski definition) is 1. The molecule has 1 amide bonds. The molecule has 0 spiro atoms. The van der Waals surface area contributed by atoms with Gasteiger partial charge in [-0.3, -0.25) is 9.78 Å². The van der Waals surface area contributed by atoms with E-state index in [-0.39, 0.29) is 18.9 Å². The molecule has 0 radical (unpaired) electrons. The topological polar surface area (TPSA) is 99.5 Å². The zero-order valence-electron chi connectivity index (χ0n) is 13.7. The lowest BCUT2D eigenvalue weighted by Crippen LogP contribution is -2.58. The molecule has 0 unspecified atom stereocenters. The van der Waals surface area contributed by atoms with Crippen LogP contribution in [-0.2, 0) is 16.0 Å². The molecule has 3 heterocycles. The van der Waals surface area contributed by atoms with Gasteiger partial charge in [-0.25, -0.2) is 14.8 Å². The van der Waals surface area contributed by atoms with Crippen LogP contribution < -0.4 is 4.90 Å². The van der Waals surface area contributed by atoms with Crippen molar-refractivity contribution >= 4 is 17.8 Å². The molecule has 1 fully saturated rings. The van der Waals surface area contributed by atoms with Gasteiger partial charge in [0.15, 0.2) is 0 Å². The zero-order chi connectivity index (χ0) is 17.6. The Morgan fingerprint density at radius 1 is 1.16 bits per heavy atom. The molecule has 1 aliphatic heterocycles. The summed E-state index contributed by atoms with van der Waals surface area (Å²) in [6.07, 6.45) is 7.43. The molecule has 0 bridgehead atoms. The molecule has 130 valence electrons. The first kappa shape index (κ1) is 16.8. The van der Waals surface area contributed by atoms with Crippen molar-refractivity contribution in [1.29, 1.82) is 0 Å². The second-order valence-corrected chi connectivity index (χ2v) is 5.80. The van der Waals surface area contributed by atoms with Crippen LogP contribution in [0.1, 0.15) is 12.0 Å². The molecule has 1 saturated heterocycles. The minimum Gasteiger partial charge on any atom is -0.480 e. The third kappa shape index (κ3) is 4.09. The molecule has 1 atom stereocenters. The normalized spacial score (nSPS) is 17.4. The van der Waals surface area contributed by atoms with Gasteiger partial charge in [0.05, 0.1) is 6.54 Å². The van der Waals surface area contributed by atoms with Crippen molar-refractivity contribution in [2.75, 3.05) is 24.5 Å². The fraction of sp³-hybridized carbons (Fsp3) is 0.353. The maximum atomic E-state index is 12.5. The van der Waals surface area contributed by atoms with Crippen LogP contribution in [0.4, 0.5) is 5.95 Å². The number of nitrogens with zero attached hydrogens (tertiary/aromatic N) is 5. The summed E-state index contributed by atoms with van der Waals surface area (Å²) in [4.78, 5) is 39.7. The predicted molar refractivity (Wildman–Crippen MR) is 89.9 cm³/mol. The van der Waals surface area contributed by atoms with Crippen molar-refractivity contribution in [2.45, 2.75) is 18.9 Å². The number of aromatic nitrogens is 3. The first-order valence-electron chi connectivity index (χ1n) is 8.08. The van der Waals surface area contributed by atoms with Crippen LogP contribution in [0.3, 0.4) is 0 Å². The third-order valence-electron chi connectivity index (χ3n) is 4.17. The molecule has 8 heteroatoms. The quantitative estimate of drug-likeness (QED) is 0.850. The van der Waals surface area contributed by atoms with Crippen LogP contribution in [0.5, 0.6) is 0 Å². The summed E-state index contributed by atoms with van der Waals surface area (Å²) >= 11 is 0. The van der Waals surface area contributed by atoms with E-state index in [9.17, 15) is 14.7 Å². The number of amides is 1. The van der Waals surface area contributed by atoms with Gasteiger partial charge in [-0.1, -0.05) is 6.07 Å². The highest BCUT2D eigenvalue weighted by atomic mass is 16.4. The number of carbonyl (C=O) groups excluding carboxylic acids is 1. The highest BCUT2D eigenvalue weighted by Gasteiger charge is 2.35. The Kier molecular flexibility index (Phi) is 5.17. The van der Waals surface area contributed by atoms with E-state index in [1.165, 1.54) is 4.90 Å². The second kappa shape index (κ2) is 7.69. The average Bonchev–Trinajstić information content (AvgIpc) is 2.67. The Balaban J connectivity index is 1.65. The van der Waals surface area contributed by atoms with Gasteiger partial charge in [-0.15, -0.1) is 0 Å². The number of anilines is 1. The van der Waals surface area contributed by atoms with Crippen molar-refractivity contribution in [3.63, 3.8) is 0 Å². The largest absolute Gasteiger partial charge is 0.480 e. The molecule has 2 aromatic heterocycles. The van der Waals surface area contributed by atoms with Crippen molar-refractivity contribution < 1.29 is 14.7 Å². The van der Waals surface area contributed by atoms with E-state index in [1.54, 1.807) is 35.8 Å². The van der Waals surface area contributed by atoms with Gasteiger partial charge < -0.3 is 14.9 Å². The number of rotatable bonds is 5. The number of aliphatic carboxylic acids is 1. The SMILES string of the molecule is O=C(O)[C@H]1CN(c2ncccn2)CCN1C(=O)CCc1cccnc1. The second-order valence-electron chi connectivity index (χ2n) is 5.80. The molecule has 1 N–H and O–H groups in total. The summed E-state index contributed by atoms with van der Waals surface area (Å²) < 4.78 is 0. The van der Waals surface area contributed by atoms with E-state index in [4.69, 9.17) is 0 Å². The van der Waals surface area contributed by atoms with Crippen molar-refractivity contribution in [3.8, 4) is 0 Å². The standard InChI is InChI=1S/C17H19N5O3/c23-15(5-4-13-3-1-6-18-11-13)22-10-9-21(12-14(22)16(24)25)17-19-7-2-8-20-17/h1-3,6-8,11,14H,4-5,9-10,12H2,(H,24,25)/t14-/m1/s1. The van der Waals surface area contributed by atoms with E-state index in [1.807, 2.05) is 12.1 Å². The Morgan fingerprint density at radius 3 is 2.64 bits per heavy atom. The van der Waals surface area contributed by atoms with E-state index < -0.39 is 12.0 Å². The van der Waals surface area contributed by atoms with E-state index in [0.717, 1.165) is 5.56 Å². The van der Waals surface area contributed by atoms with Gasteiger partial charge in [-0.05, 0) is 24.1 Å². The molecule has 3 rings (SSSR count). The summed E-state index contributed by atoms with van der Waals surface area (Å²) in [6, 6.07) is 4.52.